The highest BCUT2D eigenvalue weighted by Gasteiger charge is 2.41. The van der Waals surface area contributed by atoms with E-state index in [0.717, 1.165) is 35.3 Å². The van der Waals surface area contributed by atoms with Crippen molar-refractivity contribution in [2.75, 3.05) is 19.7 Å². The van der Waals surface area contributed by atoms with E-state index in [1.165, 1.54) is 23.0 Å². The molecular formula is C32H33F3N4O6S. The van der Waals surface area contributed by atoms with Gasteiger partial charge in [-0.1, -0.05) is 19.1 Å². The van der Waals surface area contributed by atoms with E-state index in [9.17, 15) is 33.0 Å². The first-order chi connectivity index (χ1) is 21.9. The quantitative estimate of drug-likeness (QED) is 0.211. The molecule has 46 heavy (non-hydrogen) atoms. The van der Waals surface area contributed by atoms with Crippen LogP contribution in [0.25, 0.3) is 16.4 Å². The van der Waals surface area contributed by atoms with Crippen molar-refractivity contribution in [1.29, 1.82) is 0 Å². The van der Waals surface area contributed by atoms with Crippen LogP contribution in [-0.4, -0.2) is 72.7 Å². The Bertz CT molecular complexity index is 1730. The summed E-state index contributed by atoms with van der Waals surface area (Å²) in [4.78, 5) is 31.3. The number of alkyl halides is 3. The summed E-state index contributed by atoms with van der Waals surface area (Å²) in [5, 5.41) is 31.7. The van der Waals surface area contributed by atoms with Crippen molar-refractivity contribution in [2.45, 2.75) is 57.9 Å². The molecule has 4 aromatic rings. The van der Waals surface area contributed by atoms with Crippen LogP contribution in [0.2, 0.25) is 0 Å². The predicted octanol–water partition coefficient (Wildman–Crippen LogP) is 5.22. The van der Waals surface area contributed by atoms with Gasteiger partial charge < -0.3 is 25.0 Å². The van der Waals surface area contributed by atoms with Gasteiger partial charge in [-0.25, -0.2) is 14.5 Å². The highest BCUT2D eigenvalue weighted by atomic mass is 32.1. The normalized spacial score (nSPS) is 14.8. The van der Waals surface area contributed by atoms with Crippen molar-refractivity contribution in [3.8, 4) is 22.1 Å². The van der Waals surface area contributed by atoms with Crippen molar-refractivity contribution >= 4 is 23.2 Å². The number of aliphatic hydroxyl groups excluding tert-OH is 2. The second kappa shape index (κ2) is 13.6. The summed E-state index contributed by atoms with van der Waals surface area (Å²) in [7, 11) is 0. The monoisotopic (exact) mass is 658 g/mol. The lowest BCUT2D eigenvalue weighted by atomic mass is 9.85. The second-order valence-electron chi connectivity index (χ2n) is 11.0. The first-order valence-corrected chi connectivity index (χ1v) is 15.5. The van der Waals surface area contributed by atoms with Crippen molar-refractivity contribution in [3.63, 3.8) is 0 Å². The van der Waals surface area contributed by atoms with Gasteiger partial charge in [-0.15, -0.1) is 11.3 Å². The Morgan fingerprint density at radius 3 is 2.52 bits per heavy atom. The molecule has 1 atom stereocenters. The number of benzene rings is 1. The van der Waals surface area contributed by atoms with E-state index in [-0.39, 0.29) is 18.3 Å². The summed E-state index contributed by atoms with van der Waals surface area (Å²) in [6.07, 6.45) is -3.45. The molecule has 0 spiro atoms. The molecule has 0 saturated carbocycles. The number of aryl methyl sites for hydroxylation is 2. The standard InChI is InChI=1S/C32H33F3N4O6S/c1-3-19-14-22(7-8-23(19)20-9-11-38(12-10-20)30(42)26(41)16-40)45-17-21-13-18(2)46-28(21)25-5-4-6-27(37-25)39-29(32(33,34)35)24(15-36-39)31(43)44/h4-8,13-15,20,26,40-41H,3,9-12,16-17H2,1-2H3,(H,43,44). The van der Waals surface area contributed by atoms with Crippen molar-refractivity contribution < 1.29 is 42.8 Å². The van der Waals surface area contributed by atoms with Crippen LogP contribution in [0.15, 0.2) is 48.7 Å². The van der Waals surface area contributed by atoms with Gasteiger partial charge in [0.05, 0.1) is 23.4 Å². The molecule has 3 N–H and O–H groups in total. The van der Waals surface area contributed by atoms with Gasteiger partial charge in [0, 0.05) is 23.5 Å². The molecule has 0 aliphatic carbocycles. The number of amides is 1. The van der Waals surface area contributed by atoms with Crippen LogP contribution in [0.1, 0.15) is 63.3 Å². The number of carboxylic acid groups (broad SMARTS) is 1. The van der Waals surface area contributed by atoms with E-state index in [1.807, 2.05) is 31.2 Å². The smallest absolute Gasteiger partial charge is 0.434 e. The number of halogens is 3. The Hall–Kier alpha value is -4.27. The van der Waals surface area contributed by atoms with E-state index in [2.05, 4.69) is 17.0 Å². The lowest BCUT2D eigenvalue weighted by molar-refractivity contribution is -0.144. The zero-order chi connectivity index (χ0) is 33.2. The van der Waals surface area contributed by atoms with Crippen LogP contribution >= 0.6 is 11.3 Å². The Kier molecular flexibility index (Phi) is 9.79. The van der Waals surface area contributed by atoms with Crippen LogP contribution < -0.4 is 4.74 Å². The number of piperidine rings is 1. The van der Waals surface area contributed by atoms with Gasteiger partial charge in [0.25, 0.3) is 5.91 Å². The lowest BCUT2D eigenvalue weighted by Gasteiger charge is -2.34. The summed E-state index contributed by atoms with van der Waals surface area (Å²) >= 11 is 1.41. The number of ether oxygens (including phenoxy) is 1. The minimum atomic E-state index is -4.96. The van der Waals surface area contributed by atoms with E-state index < -0.39 is 42.0 Å². The molecule has 3 aromatic heterocycles. The van der Waals surface area contributed by atoms with Crippen molar-refractivity contribution in [3.05, 3.63) is 81.5 Å². The molecular weight excluding hydrogens is 625 g/mol. The van der Waals surface area contributed by atoms with Crippen molar-refractivity contribution in [2.24, 2.45) is 0 Å². The number of hydrogen-bond acceptors (Lipinski definition) is 8. The van der Waals surface area contributed by atoms with Gasteiger partial charge in [0.1, 0.15) is 17.9 Å². The Morgan fingerprint density at radius 2 is 1.87 bits per heavy atom. The molecule has 4 heterocycles. The topological polar surface area (TPSA) is 138 Å². The predicted molar refractivity (Wildman–Crippen MR) is 163 cm³/mol. The van der Waals surface area contributed by atoms with Gasteiger partial charge in [0.15, 0.2) is 17.6 Å². The minimum absolute atomic E-state index is 0.168. The number of rotatable bonds is 10. The number of aliphatic hydroxyl groups is 2. The van der Waals surface area contributed by atoms with E-state index >= 15 is 0 Å². The number of nitrogens with zero attached hydrogens (tertiary/aromatic N) is 4. The number of likely N-dealkylation sites (tertiary alicyclic amines) is 1. The summed E-state index contributed by atoms with van der Waals surface area (Å²) in [5.41, 5.74) is 1.12. The molecule has 1 aliphatic rings. The van der Waals surface area contributed by atoms with Gasteiger partial charge in [0.2, 0.25) is 0 Å². The first kappa shape index (κ1) is 33.1. The number of carboxylic acids is 1. The molecule has 0 bridgehead atoms. The third-order valence-electron chi connectivity index (χ3n) is 7.98. The molecule has 1 saturated heterocycles. The van der Waals surface area contributed by atoms with Gasteiger partial charge in [-0.3, -0.25) is 4.79 Å². The first-order valence-electron chi connectivity index (χ1n) is 14.7. The molecule has 1 unspecified atom stereocenters. The maximum Gasteiger partial charge on any atom is 0.434 e. The highest BCUT2D eigenvalue weighted by Crippen LogP contribution is 2.37. The summed E-state index contributed by atoms with van der Waals surface area (Å²) in [6, 6.07) is 12.4. The number of aromatic nitrogens is 3. The Morgan fingerprint density at radius 1 is 1.13 bits per heavy atom. The molecule has 0 radical (unpaired) electrons. The van der Waals surface area contributed by atoms with Crippen LogP contribution in [0, 0.1) is 6.92 Å². The minimum Gasteiger partial charge on any atom is -0.489 e. The SMILES string of the molecule is CCc1cc(OCc2cc(C)sc2-c2cccc(-n3ncc(C(=O)O)c3C(F)(F)F)n2)ccc1C1CCN(C(=O)C(O)CO)CC1. The number of aromatic carboxylic acids is 1. The number of pyridine rings is 1. The third-order valence-corrected chi connectivity index (χ3v) is 9.09. The van der Waals surface area contributed by atoms with E-state index in [4.69, 9.17) is 9.84 Å². The average molecular weight is 659 g/mol. The van der Waals surface area contributed by atoms with Crippen LogP contribution in [0.4, 0.5) is 13.2 Å². The average Bonchev–Trinajstić information content (AvgIpc) is 3.67. The molecule has 14 heteroatoms. The molecule has 5 rings (SSSR count). The molecule has 10 nitrogen and oxygen atoms in total. The fourth-order valence-electron chi connectivity index (χ4n) is 5.75. The molecule has 1 amide bonds. The zero-order valence-electron chi connectivity index (χ0n) is 25.1. The number of thiophene rings is 1. The number of hydrogen-bond donors (Lipinski definition) is 3. The van der Waals surface area contributed by atoms with Crippen LogP contribution in [-0.2, 0) is 24.0 Å². The zero-order valence-corrected chi connectivity index (χ0v) is 25.9. The molecule has 1 aromatic carbocycles. The third kappa shape index (κ3) is 6.93. The van der Waals surface area contributed by atoms with E-state index in [0.29, 0.717) is 40.3 Å². The molecule has 1 fully saturated rings. The number of carbonyl (C=O) groups excluding carboxylic acids is 1. The van der Waals surface area contributed by atoms with E-state index in [1.54, 1.807) is 17.0 Å². The summed E-state index contributed by atoms with van der Waals surface area (Å²) in [6.45, 7) is 4.54. The molecule has 244 valence electrons. The Balaban J connectivity index is 1.33. The largest absolute Gasteiger partial charge is 0.489 e. The maximum absolute atomic E-state index is 13.8. The van der Waals surface area contributed by atoms with Gasteiger partial charge in [-0.05, 0) is 73.6 Å². The molecule has 1 aliphatic heterocycles. The van der Waals surface area contributed by atoms with Crippen molar-refractivity contribution in [1.82, 2.24) is 19.7 Å². The Labute approximate surface area is 266 Å². The number of carbonyl (C=O) groups is 2. The lowest BCUT2D eigenvalue weighted by Crippen LogP contribution is -2.44. The summed E-state index contributed by atoms with van der Waals surface area (Å²) < 4.78 is 48.1. The maximum atomic E-state index is 13.8. The van der Waals surface area contributed by atoms with Crippen LogP contribution in [0.5, 0.6) is 5.75 Å². The fraction of sp³-hybridized carbons (Fsp3) is 0.375. The van der Waals surface area contributed by atoms with Gasteiger partial charge in [-0.2, -0.15) is 18.3 Å². The highest BCUT2D eigenvalue weighted by molar-refractivity contribution is 7.15. The summed E-state index contributed by atoms with van der Waals surface area (Å²) in [5.74, 6) is -1.46. The fourth-order valence-corrected chi connectivity index (χ4v) is 6.74. The second-order valence-corrected chi connectivity index (χ2v) is 12.3. The van der Waals surface area contributed by atoms with Gasteiger partial charge >= 0.3 is 12.1 Å². The van der Waals surface area contributed by atoms with Crippen LogP contribution in [0.3, 0.4) is 0 Å².